The lowest BCUT2D eigenvalue weighted by atomic mass is 9.99. The summed E-state index contributed by atoms with van der Waals surface area (Å²) in [5.41, 5.74) is 14.1. The summed E-state index contributed by atoms with van der Waals surface area (Å²) in [6.45, 7) is 1.56. The molecule has 0 saturated carbocycles. The van der Waals surface area contributed by atoms with Crippen LogP contribution in [0.2, 0.25) is 0 Å². The van der Waals surface area contributed by atoms with Crippen molar-refractivity contribution in [3.05, 3.63) is 29.3 Å². The number of nitrogens with two attached hydrogens (primary N) is 2. The molecule has 1 heterocycles. The number of ether oxygens (including phenoxy) is 1. The van der Waals surface area contributed by atoms with Crippen molar-refractivity contribution in [2.75, 3.05) is 13.2 Å². The van der Waals surface area contributed by atoms with Gasteiger partial charge in [-0.3, -0.25) is 0 Å². The van der Waals surface area contributed by atoms with E-state index in [1.165, 1.54) is 11.1 Å². The Labute approximate surface area is 96.8 Å². The Morgan fingerprint density at radius 1 is 1.31 bits per heavy atom. The highest BCUT2D eigenvalue weighted by Crippen LogP contribution is 2.28. The average molecular weight is 220 g/mol. The summed E-state index contributed by atoms with van der Waals surface area (Å²) in [6, 6.07) is 6.45. The monoisotopic (exact) mass is 220 g/mol. The maximum absolute atomic E-state index is 6.15. The van der Waals surface area contributed by atoms with Crippen LogP contribution in [0.1, 0.15) is 36.4 Å². The van der Waals surface area contributed by atoms with Crippen molar-refractivity contribution >= 4 is 0 Å². The van der Waals surface area contributed by atoms with Crippen molar-refractivity contribution in [3.63, 3.8) is 0 Å². The summed E-state index contributed by atoms with van der Waals surface area (Å²) in [5, 5.41) is 0. The first-order valence-electron chi connectivity index (χ1n) is 6.02. The predicted octanol–water partition coefficient (Wildman–Crippen LogP) is 1.75. The Kier molecular flexibility index (Phi) is 3.80. The molecule has 0 radical (unpaired) electrons. The van der Waals surface area contributed by atoms with Crippen LogP contribution in [-0.4, -0.2) is 13.2 Å². The zero-order chi connectivity index (χ0) is 11.4. The second kappa shape index (κ2) is 5.32. The van der Waals surface area contributed by atoms with Crippen LogP contribution in [0.15, 0.2) is 18.2 Å². The molecule has 3 heteroatoms. The molecule has 1 aromatic rings. The Bertz CT molecular complexity index is 352. The van der Waals surface area contributed by atoms with Gasteiger partial charge in [0.05, 0.1) is 6.61 Å². The van der Waals surface area contributed by atoms with Crippen LogP contribution < -0.4 is 16.2 Å². The van der Waals surface area contributed by atoms with Crippen LogP contribution in [0, 0.1) is 0 Å². The SMILES string of the molecule is NCCCC[C@@H](N)c1ccc2c(c1)CCO2. The topological polar surface area (TPSA) is 61.3 Å². The molecule has 0 saturated heterocycles. The lowest BCUT2D eigenvalue weighted by molar-refractivity contribution is 0.357. The molecule has 0 spiro atoms. The first kappa shape index (κ1) is 11.4. The van der Waals surface area contributed by atoms with Crippen molar-refractivity contribution in [1.29, 1.82) is 0 Å². The molecular formula is C13H20N2O. The molecular weight excluding hydrogens is 200 g/mol. The number of unbranched alkanes of at least 4 members (excludes halogenated alkanes) is 1. The molecule has 1 atom stereocenters. The Morgan fingerprint density at radius 2 is 2.19 bits per heavy atom. The highest BCUT2D eigenvalue weighted by molar-refractivity contribution is 5.40. The summed E-state index contributed by atoms with van der Waals surface area (Å²) >= 11 is 0. The molecule has 2 rings (SSSR count). The first-order chi connectivity index (χ1) is 7.81. The van der Waals surface area contributed by atoms with Gasteiger partial charge in [0.1, 0.15) is 5.75 Å². The third kappa shape index (κ3) is 2.54. The largest absolute Gasteiger partial charge is 0.493 e. The van der Waals surface area contributed by atoms with Gasteiger partial charge in [-0.25, -0.2) is 0 Å². The molecule has 0 amide bonds. The van der Waals surface area contributed by atoms with Crippen LogP contribution in [0.3, 0.4) is 0 Å². The van der Waals surface area contributed by atoms with Crippen molar-refractivity contribution in [3.8, 4) is 5.75 Å². The minimum Gasteiger partial charge on any atom is -0.493 e. The fourth-order valence-corrected chi connectivity index (χ4v) is 2.11. The summed E-state index contributed by atoms with van der Waals surface area (Å²) in [4.78, 5) is 0. The van der Waals surface area contributed by atoms with Gasteiger partial charge in [0.25, 0.3) is 0 Å². The molecule has 0 aliphatic carbocycles. The maximum atomic E-state index is 6.15. The van der Waals surface area contributed by atoms with Crippen molar-refractivity contribution in [2.45, 2.75) is 31.7 Å². The number of benzene rings is 1. The second-order valence-electron chi connectivity index (χ2n) is 4.36. The summed E-state index contributed by atoms with van der Waals surface area (Å²) in [7, 11) is 0. The second-order valence-corrected chi connectivity index (χ2v) is 4.36. The van der Waals surface area contributed by atoms with Gasteiger partial charge >= 0.3 is 0 Å². The molecule has 16 heavy (non-hydrogen) atoms. The van der Waals surface area contributed by atoms with Gasteiger partial charge in [0.2, 0.25) is 0 Å². The minimum atomic E-state index is 0.137. The lowest BCUT2D eigenvalue weighted by Crippen LogP contribution is -2.11. The van der Waals surface area contributed by atoms with Gasteiger partial charge in [-0.15, -0.1) is 0 Å². The zero-order valence-corrected chi connectivity index (χ0v) is 9.61. The van der Waals surface area contributed by atoms with Gasteiger partial charge in [0, 0.05) is 12.5 Å². The van der Waals surface area contributed by atoms with E-state index in [9.17, 15) is 0 Å². The fourth-order valence-electron chi connectivity index (χ4n) is 2.11. The summed E-state index contributed by atoms with van der Waals surface area (Å²) in [6.07, 6.45) is 4.18. The number of hydrogen-bond donors (Lipinski definition) is 2. The van der Waals surface area contributed by atoms with Crippen molar-refractivity contribution in [1.82, 2.24) is 0 Å². The summed E-state index contributed by atoms with van der Waals surface area (Å²) in [5.74, 6) is 1.03. The molecule has 1 aliphatic heterocycles. The van der Waals surface area contributed by atoms with E-state index in [1.54, 1.807) is 0 Å². The Hall–Kier alpha value is -1.06. The van der Waals surface area contributed by atoms with E-state index in [0.717, 1.165) is 44.6 Å². The van der Waals surface area contributed by atoms with Gasteiger partial charge < -0.3 is 16.2 Å². The quantitative estimate of drug-likeness (QED) is 0.743. The van der Waals surface area contributed by atoms with E-state index < -0.39 is 0 Å². The normalized spacial score (nSPS) is 15.6. The molecule has 0 unspecified atom stereocenters. The predicted molar refractivity (Wildman–Crippen MR) is 65.5 cm³/mol. The van der Waals surface area contributed by atoms with E-state index in [-0.39, 0.29) is 6.04 Å². The van der Waals surface area contributed by atoms with Crippen molar-refractivity contribution in [2.24, 2.45) is 11.5 Å². The van der Waals surface area contributed by atoms with Gasteiger partial charge in [-0.1, -0.05) is 18.6 Å². The Morgan fingerprint density at radius 3 is 3.00 bits per heavy atom. The molecule has 0 fully saturated rings. The van der Waals surface area contributed by atoms with E-state index >= 15 is 0 Å². The molecule has 4 N–H and O–H groups in total. The van der Waals surface area contributed by atoms with Crippen LogP contribution in [0.25, 0.3) is 0 Å². The molecule has 0 bridgehead atoms. The number of hydrogen-bond acceptors (Lipinski definition) is 3. The van der Waals surface area contributed by atoms with Gasteiger partial charge in [0.15, 0.2) is 0 Å². The van der Waals surface area contributed by atoms with Gasteiger partial charge in [-0.2, -0.15) is 0 Å². The van der Waals surface area contributed by atoms with Crippen LogP contribution in [-0.2, 0) is 6.42 Å². The fraction of sp³-hybridized carbons (Fsp3) is 0.538. The lowest BCUT2D eigenvalue weighted by Gasteiger charge is -2.12. The molecule has 1 aromatic carbocycles. The third-order valence-corrected chi connectivity index (χ3v) is 3.11. The Balaban J connectivity index is 1.98. The van der Waals surface area contributed by atoms with Crippen LogP contribution >= 0.6 is 0 Å². The molecule has 0 aromatic heterocycles. The van der Waals surface area contributed by atoms with E-state index in [4.69, 9.17) is 16.2 Å². The smallest absolute Gasteiger partial charge is 0.122 e. The number of rotatable bonds is 5. The molecule has 3 nitrogen and oxygen atoms in total. The molecule has 1 aliphatic rings. The van der Waals surface area contributed by atoms with Crippen LogP contribution in [0.5, 0.6) is 5.75 Å². The minimum absolute atomic E-state index is 0.137. The first-order valence-corrected chi connectivity index (χ1v) is 6.02. The van der Waals surface area contributed by atoms with Crippen LogP contribution in [0.4, 0.5) is 0 Å². The summed E-state index contributed by atoms with van der Waals surface area (Å²) < 4.78 is 5.47. The number of fused-ring (bicyclic) bond motifs is 1. The third-order valence-electron chi connectivity index (χ3n) is 3.11. The van der Waals surface area contributed by atoms with Crippen molar-refractivity contribution < 1.29 is 4.74 Å². The standard InChI is InChI=1S/C13H20N2O/c14-7-2-1-3-12(15)10-4-5-13-11(9-10)6-8-16-13/h4-5,9,12H,1-3,6-8,14-15H2/t12-/m1/s1. The highest BCUT2D eigenvalue weighted by atomic mass is 16.5. The van der Waals surface area contributed by atoms with Gasteiger partial charge in [-0.05, 0) is 36.6 Å². The van der Waals surface area contributed by atoms with E-state index in [0.29, 0.717) is 0 Å². The average Bonchev–Trinajstić information content (AvgIpc) is 2.76. The highest BCUT2D eigenvalue weighted by Gasteiger charge is 2.14. The molecule has 88 valence electrons. The van der Waals surface area contributed by atoms with E-state index in [1.807, 2.05) is 6.07 Å². The van der Waals surface area contributed by atoms with E-state index in [2.05, 4.69) is 12.1 Å². The zero-order valence-electron chi connectivity index (χ0n) is 9.61. The maximum Gasteiger partial charge on any atom is 0.122 e.